The van der Waals surface area contributed by atoms with E-state index in [9.17, 15) is 39.6 Å². The molecule has 0 bridgehead atoms. The van der Waals surface area contributed by atoms with Gasteiger partial charge in [0.1, 0.15) is 22.8 Å². The van der Waals surface area contributed by atoms with Gasteiger partial charge in [-0.3, -0.25) is 19.3 Å². The fourth-order valence-electron chi connectivity index (χ4n) is 6.70. The van der Waals surface area contributed by atoms with Crippen LogP contribution in [0.25, 0.3) is 11.1 Å². The highest BCUT2D eigenvalue weighted by molar-refractivity contribution is 6.25. The van der Waals surface area contributed by atoms with Crippen molar-refractivity contribution in [3.63, 3.8) is 0 Å². The average molecular weight is 625 g/mol. The Balaban J connectivity index is 1.55. The van der Waals surface area contributed by atoms with Crippen LogP contribution in [0.1, 0.15) is 28.8 Å². The summed E-state index contributed by atoms with van der Waals surface area (Å²) < 4.78 is 0. The number of Topliss-reactive ketones (excluding diaryl/α,β-unsaturated/α-hetero) is 2. The van der Waals surface area contributed by atoms with E-state index in [2.05, 4.69) is 10.6 Å². The number of phenolic OH excluding ortho intramolecular Hbond substituents is 1. The number of fused-ring (bicyclic) bond motifs is 3. The van der Waals surface area contributed by atoms with E-state index in [1.807, 2.05) is 0 Å². The molecule has 3 amide bonds. The number of hydrogen-bond donors (Lipinski definition) is 7. The number of phenols is 1. The summed E-state index contributed by atoms with van der Waals surface area (Å²) in [4.78, 5) is 53.1. The molecule has 232 valence electrons. The summed E-state index contributed by atoms with van der Waals surface area (Å²) in [5.74, 6) is -6.59. The Labute approximate surface area is 257 Å². The molecule has 4 atom stereocenters. The minimum absolute atomic E-state index is 0.0114. The Bertz CT molecular complexity index is 1630. The Kier molecular flexibility index (Phi) is 8.19. The minimum atomic E-state index is -2.70. The van der Waals surface area contributed by atoms with Gasteiger partial charge in [0.2, 0.25) is 5.78 Å². The first-order chi connectivity index (χ1) is 20.8. The van der Waals surface area contributed by atoms with Crippen molar-refractivity contribution in [2.24, 2.45) is 17.6 Å². The first-order valence-corrected chi connectivity index (χ1v) is 14.6. The molecule has 2 aromatic rings. The molecular weight excluding hydrogens is 592 g/mol. The Morgan fingerprint density at radius 3 is 2.39 bits per heavy atom. The van der Waals surface area contributed by atoms with E-state index in [-0.39, 0.29) is 35.8 Å². The van der Waals surface area contributed by atoms with Crippen molar-refractivity contribution in [3.8, 4) is 16.9 Å². The van der Waals surface area contributed by atoms with Gasteiger partial charge in [-0.2, -0.15) is 0 Å². The molecule has 0 saturated heterocycles. The number of rotatable bonds is 7. The SMILES string of the molecule is CN(C)C1C(O)=C(C(N)=O)C(=O)[C@@]2(O)C(O)=C3C(=O)c4c(O)ccc(-c5ccc(NC(=O)NCCCCl)cc5)c4C[C@H]3C[C@@H]12. The number of ketones is 2. The monoisotopic (exact) mass is 624 g/mol. The molecular formula is C31H33ClN4O8. The highest BCUT2D eigenvalue weighted by Crippen LogP contribution is 2.53. The van der Waals surface area contributed by atoms with E-state index in [4.69, 9.17) is 17.3 Å². The number of primary amides is 1. The van der Waals surface area contributed by atoms with Crippen molar-refractivity contribution < 1.29 is 39.6 Å². The summed E-state index contributed by atoms with van der Waals surface area (Å²) in [6.45, 7) is 0.429. The molecule has 0 heterocycles. The van der Waals surface area contributed by atoms with Gasteiger partial charge in [0.15, 0.2) is 11.4 Å². The number of likely N-dealkylation sites (N-methyl/N-ethyl adjacent to an activating group) is 1. The zero-order valence-corrected chi connectivity index (χ0v) is 24.8. The van der Waals surface area contributed by atoms with Gasteiger partial charge < -0.3 is 36.8 Å². The van der Waals surface area contributed by atoms with Gasteiger partial charge in [-0.1, -0.05) is 18.2 Å². The van der Waals surface area contributed by atoms with Gasteiger partial charge in [-0.05, 0) is 74.2 Å². The number of aliphatic hydroxyl groups is 3. The number of halogens is 1. The molecule has 12 nitrogen and oxygen atoms in total. The molecule has 44 heavy (non-hydrogen) atoms. The maximum Gasteiger partial charge on any atom is 0.319 e. The third kappa shape index (κ3) is 4.88. The zero-order chi connectivity index (χ0) is 32.1. The van der Waals surface area contributed by atoms with Crippen LogP contribution in [0.4, 0.5) is 10.5 Å². The lowest BCUT2D eigenvalue weighted by Crippen LogP contribution is -2.63. The number of hydrogen-bond acceptors (Lipinski definition) is 9. The van der Waals surface area contributed by atoms with E-state index in [1.165, 1.54) is 11.0 Å². The number of urea groups is 1. The van der Waals surface area contributed by atoms with E-state index >= 15 is 0 Å². The third-order valence-electron chi connectivity index (χ3n) is 8.66. The highest BCUT2D eigenvalue weighted by atomic mass is 35.5. The van der Waals surface area contributed by atoms with Crippen LogP contribution < -0.4 is 16.4 Å². The number of anilines is 1. The number of aromatic hydroxyl groups is 1. The lowest BCUT2D eigenvalue weighted by molar-refractivity contribution is -0.148. The predicted octanol–water partition coefficient (Wildman–Crippen LogP) is 2.54. The first-order valence-electron chi connectivity index (χ1n) is 14.0. The zero-order valence-electron chi connectivity index (χ0n) is 24.1. The second-order valence-electron chi connectivity index (χ2n) is 11.4. The van der Waals surface area contributed by atoms with Crippen molar-refractivity contribution in [3.05, 3.63) is 70.2 Å². The van der Waals surface area contributed by atoms with Gasteiger partial charge >= 0.3 is 6.03 Å². The Morgan fingerprint density at radius 2 is 1.77 bits per heavy atom. The number of amides is 3. The second-order valence-corrected chi connectivity index (χ2v) is 11.8. The lowest BCUT2D eigenvalue weighted by Gasteiger charge is -2.50. The smallest absolute Gasteiger partial charge is 0.319 e. The number of nitrogens with one attached hydrogen (secondary N) is 2. The normalized spacial score (nSPS) is 24.5. The van der Waals surface area contributed by atoms with Crippen molar-refractivity contribution in [1.82, 2.24) is 10.2 Å². The quantitative estimate of drug-likeness (QED) is 0.137. The lowest BCUT2D eigenvalue weighted by atomic mass is 9.58. The summed E-state index contributed by atoms with van der Waals surface area (Å²) in [5, 5.41) is 50.3. The average Bonchev–Trinajstić information content (AvgIpc) is 2.95. The molecule has 0 aromatic heterocycles. The molecule has 0 spiro atoms. The number of benzene rings is 2. The molecule has 13 heteroatoms. The summed E-state index contributed by atoms with van der Waals surface area (Å²) in [7, 11) is 3.15. The topological polar surface area (TPSA) is 203 Å². The van der Waals surface area contributed by atoms with Crippen LogP contribution in [-0.2, 0) is 16.0 Å². The molecule has 0 saturated carbocycles. The molecule has 3 aliphatic carbocycles. The predicted molar refractivity (Wildman–Crippen MR) is 161 cm³/mol. The molecule has 0 fully saturated rings. The number of allylic oxidation sites excluding steroid dienone is 1. The fourth-order valence-corrected chi connectivity index (χ4v) is 6.83. The van der Waals surface area contributed by atoms with Gasteiger partial charge in [-0.25, -0.2) is 4.79 Å². The van der Waals surface area contributed by atoms with E-state index < -0.39 is 58.0 Å². The maximum absolute atomic E-state index is 13.9. The van der Waals surface area contributed by atoms with E-state index in [0.29, 0.717) is 41.2 Å². The van der Waals surface area contributed by atoms with E-state index in [0.717, 1.165) is 0 Å². The van der Waals surface area contributed by atoms with Crippen LogP contribution in [0, 0.1) is 11.8 Å². The van der Waals surface area contributed by atoms with Gasteiger partial charge in [-0.15, -0.1) is 11.6 Å². The maximum atomic E-state index is 13.9. The molecule has 1 unspecified atom stereocenters. The summed E-state index contributed by atoms with van der Waals surface area (Å²) >= 11 is 5.64. The highest BCUT2D eigenvalue weighted by Gasteiger charge is 2.63. The van der Waals surface area contributed by atoms with Crippen LogP contribution in [0.3, 0.4) is 0 Å². The van der Waals surface area contributed by atoms with Gasteiger partial charge in [0, 0.05) is 29.6 Å². The fraction of sp³-hybridized carbons (Fsp3) is 0.355. The second kappa shape index (κ2) is 11.6. The third-order valence-corrected chi connectivity index (χ3v) is 8.92. The Hall–Kier alpha value is -4.39. The summed E-state index contributed by atoms with van der Waals surface area (Å²) in [6.07, 6.45) is 0.774. The summed E-state index contributed by atoms with van der Waals surface area (Å²) in [5.41, 5.74) is 3.88. The van der Waals surface area contributed by atoms with Crippen LogP contribution in [0.15, 0.2) is 59.1 Å². The summed E-state index contributed by atoms with van der Waals surface area (Å²) in [6, 6.07) is 8.45. The molecule has 0 radical (unpaired) electrons. The molecule has 2 aromatic carbocycles. The largest absolute Gasteiger partial charge is 0.510 e. The van der Waals surface area contributed by atoms with Crippen LogP contribution in [0.5, 0.6) is 5.75 Å². The molecule has 0 aliphatic heterocycles. The number of alkyl halides is 1. The Morgan fingerprint density at radius 1 is 1.09 bits per heavy atom. The van der Waals surface area contributed by atoms with Crippen molar-refractivity contribution in [2.75, 3.05) is 31.8 Å². The van der Waals surface area contributed by atoms with Crippen LogP contribution in [-0.4, -0.2) is 87.0 Å². The van der Waals surface area contributed by atoms with Crippen molar-refractivity contribution >= 4 is 40.8 Å². The molecule has 5 rings (SSSR count). The van der Waals surface area contributed by atoms with Gasteiger partial charge in [0.25, 0.3) is 5.91 Å². The van der Waals surface area contributed by atoms with Crippen molar-refractivity contribution in [1.29, 1.82) is 0 Å². The number of nitrogens with two attached hydrogens (primary N) is 1. The number of carbonyl (C=O) groups is 4. The van der Waals surface area contributed by atoms with Crippen LogP contribution >= 0.6 is 11.6 Å². The number of carbonyl (C=O) groups excluding carboxylic acids is 4. The molecule has 3 aliphatic rings. The van der Waals surface area contributed by atoms with Crippen molar-refractivity contribution in [2.45, 2.75) is 30.9 Å². The minimum Gasteiger partial charge on any atom is -0.510 e. The number of aliphatic hydroxyl groups excluding tert-OH is 2. The van der Waals surface area contributed by atoms with E-state index in [1.54, 1.807) is 44.4 Å². The van der Waals surface area contributed by atoms with Gasteiger partial charge in [0.05, 0.1) is 11.6 Å². The number of nitrogens with zero attached hydrogens (tertiary/aromatic N) is 1. The van der Waals surface area contributed by atoms with Crippen LogP contribution in [0.2, 0.25) is 0 Å². The standard InChI is InChI=1S/C31H33ClN4O8/c1-36(2)24-19-13-15-12-18-17(14-4-6-16(7-5-14)35-30(43)34-11-3-10-32)8-9-20(37)22(18)25(38)21(15)27(40)31(19,44)28(41)23(26(24)39)29(33)42/h4-9,15,19,24,37,39-40,44H,3,10-13H2,1-2H3,(H2,33,42)(H2,34,35,43)/t15-,19-,24?,31-/m0/s1. The molecule has 8 N–H and O–H groups in total. The first kappa shape index (κ1) is 31.0.